The van der Waals surface area contributed by atoms with Gasteiger partial charge in [-0.25, -0.2) is 0 Å². The Kier molecular flexibility index (Phi) is 3.65. The fraction of sp³-hybridized carbons (Fsp3) is 0.294. The van der Waals surface area contributed by atoms with Gasteiger partial charge in [-0.1, -0.05) is 12.1 Å². The molecule has 0 saturated heterocycles. The number of aryl methyl sites for hydroxylation is 2. The van der Waals surface area contributed by atoms with Gasteiger partial charge in [0.25, 0.3) is 5.91 Å². The van der Waals surface area contributed by atoms with Gasteiger partial charge in [-0.3, -0.25) is 9.48 Å². The van der Waals surface area contributed by atoms with E-state index in [2.05, 4.69) is 10.4 Å². The molecule has 3 heterocycles. The van der Waals surface area contributed by atoms with E-state index >= 15 is 0 Å². The van der Waals surface area contributed by atoms with Crippen LogP contribution in [0.5, 0.6) is 11.5 Å². The van der Waals surface area contributed by atoms with Crippen LogP contribution in [0, 0.1) is 6.92 Å². The highest BCUT2D eigenvalue weighted by Crippen LogP contribution is 2.31. The molecule has 1 aromatic carbocycles. The fourth-order valence-corrected chi connectivity index (χ4v) is 3.81. The SMILES string of the molecule is Cc1nn(C)c2sc(C(=O)NCC3COc4ccccc4O3)cc12. The van der Waals surface area contributed by atoms with Crippen molar-refractivity contribution >= 4 is 27.5 Å². The molecule has 0 aliphatic carbocycles. The summed E-state index contributed by atoms with van der Waals surface area (Å²) >= 11 is 1.44. The number of nitrogens with one attached hydrogen (secondary N) is 1. The Morgan fingerprint density at radius 2 is 2.21 bits per heavy atom. The molecule has 0 radical (unpaired) electrons. The molecule has 1 aliphatic rings. The molecule has 1 aliphatic heterocycles. The lowest BCUT2D eigenvalue weighted by Crippen LogP contribution is -2.40. The standard InChI is InChI=1S/C17H17N3O3S/c1-10-12-7-15(24-17(12)20(2)19-10)16(21)18-8-11-9-22-13-5-3-4-6-14(13)23-11/h3-7,11H,8-9H2,1-2H3,(H,18,21). The van der Waals surface area contributed by atoms with Gasteiger partial charge in [0.1, 0.15) is 17.5 Å². The Bertz CT molecular complexity index is 881. The lowest BCUT2D eigenvalue weighted by Gasteiger charge is -2.26. The number of hydrogen-bond acceptors (Lipinski definition) is 5. The van der Waals surface area contributed by atoms with E-state index in [0.29, 0.717) is 23.8 Å². The highest BCUT2D eigenvalue weighted by molar-refractivity contribution is 7.20. The summed E-state index contributed by atoms with van der Waals surface area (Å²) in [7, 11) is 1.89. The molecule has 1 N–H and O–H groups in total. The van der Waals surface area contributed by atoms with E-state index in [1.165, 1.54) is 11.3 Å². The second-order valence-electron chi connectivity index (χ2n) is 5.75. The summed E-state index contributed by atoms with van der Waals surface area (Å²) in [6.07, 6.45) is -0.193. The first-order valence-electron chi connectivity index (χ1n) is 7.71. The van der Waals surface area contributed by atoms with Gasteiger partial charge in [0.05, 0.1) is 17.1 Å². The van der Waals surface area contributed by atoms with E-state index in [1.807, 2.05) is 44.3 Å². The Balaban J connectivity index is 1.42. The van der Waals surface area contributed by atoms with Crippen molar-refractivity contribution in [3.63, 3.8) is 0 Å². The van der Waals surface area contributed by atoms with E-state index in [0.717, 1.165) is 21.7 Å². The number of hydrogen-bond donors (Lipinski definition) is 1. The van der Waals surface area contributed by atoms with Crippen LogP contribution in [0.2, 0.25) is 0 Å². The Morgan fingerprint density at radius 1 is 1.42 bits per heavy atom. The molecule has 1 amide bonds. The highest BCUT2D eigenvalue weighted by Gasteiger charge is 2.22. The van der Waals surface area contributed by atoms with E-state index < -0.39 is 0 Å². The molecule has 1 unspecified atom stereocenters. The molecule has 3 aromatic rings. The van der Waals surface area contributed by atoms with Gasteiger partial charge in [-0.15, -0.1) is 11.3 Å². The second kappa shape index (κ2) is 5.83. The summed E-state index contributed by atoms with van der Waals surface area (Å²) in [6, 6.07) is 9.44. The van der Waals surface area contributed by atoms with Gasteiger partial charge in [-0.05, 0) is 25.1 Å². The van der Waals surface area contributed by atoms with Crippen LogP contribution in [-0.4, -0.2) is 34.9 Å². The van der Waals surface area contributed by atoms with E-state index in [1.54, 1.807) is 4.68 Å². The van der Waals surface area contributed by atoms with Crippen LogP contribution in [0.4, 0.5) is 0 Å². The quantitative estimate of drug-likeness (QED) is 0.794. The molecule has 0 saturated carbocycles. The molecular weight excluding hydrogens is 326 g/mol. The lowest BCUT2D eigenvalue weighted by atomic mass is 10.2. The maximum absolute atomic E-state index is 12.4. The van der Waals surface area contributed by atoms with Crippen molar-refractivity contribution in [3.8, 4) is 11.5 Å². The highest BCUT2D eigenvalue weighted by atomic mass is 32.1. The minimum Gasteiger partial charge on any atom is -0.486 e. The first kappa shape index (κ1) is 15.0. The average molecular weight is 343 g/mol. The van der Waals surface area contributed by atoms with Crippen LogP contribution in [-0.2, 0) is 7.05 Å². The minimum absolute atomic E-state index is 0.0990. The van der Waals surface area contributed by atoms with Gasteiger partial charge in [0, 0.05) is 12.4 Å². The zero-order valence-corrected chi connectivity index (χ0v) is 14.2. The Labute approximate surface area is 143 Å². The maximum Gasteiger partial charge on any atom is 0.261 e. The smallest absolute Gasteiger partial charge is 0.261 e. The van der Waals surface area contributed by atoms with Crippen molar-refractivity contribution in [2.45, 2.75) is 13.0 Å². The van der Waals surface area contributed by atoms with Gasteiger partial charge in [-0.2, -0.15) is 5.10 Å². The average Bonchev–Trinajstić information content (AvgIpc) is 3.14. The van der Waals surface area contributed by atoms with Gasteiger partial charge < -0.3 is 14.8 Å². The van der Waals surface area contributed by atoms with Crippen molar-refractivity contribution in [2.75, 3.05) is 13.2 Å². The fourth-order valence-electron chi connectivity index (χ4n) is 2.77. The van der Waals surface area contributed by atoms with Crippen LogP contribution in [0.25, 0.3) is 10.2 Å². The van der Waals surface area contributed by atoms with Gasteiger partial charge in [0.15, 0.2) is 11.5 Å². The van der Waals surface area contributed by atoms with Crippen molar-refractivity contribution in [1.82, 2.24) is 15.1 Å². The number of fused-ring (bicyclic) bond motifs is 2. The Morgan fingerprint density at radius 3 is 3.00 bits per heavy atom. The molecule has 7 heteroatoms. The third-order valence-electron chi connectivity index (χ3n) is 3.98. The molecule has 2 aromatic heterocycles. The van der Waals surface area contributed by atoms with Crippen molar-refractivity contribution in [1.29, 1.82) is 0 Å². The minimum atomic E-state index is -0.193. The molecule has 24 heavy (non-hydrogen) atoms. The third-order valence-corrected chi connectivity index (χ3v) is 5.18. The summed E-state index contributed by atoms with van der Waals surface area (Å²) in [5.74, 6) is 1.36. The molecule has 6 nitrogen and oxygen atoms in total. The zero-order valence-electron chi connectivity index (χ0n) is 13.4. The topological polar surface area (TPSA) is 65.4 Å². The van der Waals surface area contributed by atoms with E-state index in [4.69, 9.17) is 9.47 Å². The lowest BCUT2D eigenvalue weighted by molar-refractivity contribution is 0.0791. The number of nitrogens with zero attached hydrogens (tertiary/aromatic N) is 2. The first-order valence-corrected chi connectivity index (χ1v) is 8.53. The summed E-state index contributed by atoms with van der Waals surface area (Å²) in [5, 5.41) is 8.30. The number of aromatic nitrogens is 2. The molecule has 124 valence electrons. The summed E-state index contributed by atoms with van der Waals surface area (Å²) < 4.78 is 13.3. The molecule has 0 bridgehead atoms. The largest absolute Gasteiger partial charge is 0.486 e. The van der Waals surface area contributed by atoms with Gasteiger partial charge in [0.2, 0.25) is 0 Å². The van der Waals surface area contributed by atoms with Crippen molar-refractivity contribution in [2.24, 2.45) is 7.05 Å². The first-order chi connectivity index (χ1) is 11.6. The maximum atomic E-state index is 12.4. The molecule has 1 atom stereocenters. The number of rotatable bonds is 3. The van der Waals surface area contributed by atoms with Crippen LogP contribution >= 0.6 is 11.3 Å². The Hall–Kier alpha value is -2.54. The number of benzene rings is 1. The van der Waals surface area contributed by atoms with Crippen LogP contribution in [0.3, 0.4) is 0 Å². The van der Waals surface area contributed by atoms with Crippen molar-refractivity contribution in [3.05, 3.63) is 40.9 Å². The van der Waals surface area contributed by atoms with Crippen LogP contribution < -0.4 is 14.8 Å². The third kappa shape index (κ3) is 2.60. The van der Waals surface area contributed by atoms with Crippen molar-refractivity contribution < 1.29 is 14.3 Å². The summed E-state index contributed by atoms with van der Waals surface area (Å²) in [5.41, 5.74) is 0.934. The number of amides is 1. The van der Waals surface area contributed by atoms with E-state index in [-0.39, 0.29) is 12.0 Å². The predicted octanol–water partition coefficient (Wildman–Crippen LogP) is 2.51. The zero-order chi connectivity index (χ0) is 16.7. The monoisotopic (exact) mass is 343 g/mol. The number of para-hydroxylation sites is 2. The normalized spacial score (nSPS) is 16.3. The van der Waals surface area contributed by atoms with Crippen LogP contribution in [0.1, 0.15) is 15.4 Å². The van der Waals surface area contributed by atoms with Crippen LogP contribution in [0.15, 0.2) is 30.3 Å². The summed E-state index contributed by atoms with van der Waals surface area (Å²) in [6.45, 7) is 2.77. The van der Waals surface area contributed by atoms with E-state index in [9.17, 15) is 4.79 Å². The molecule has 0 spiro atoms. The number of carbonyl (C=O) groups excluding carboxylic acids is 1. The number of ether oxygens (including phenoxy) is 2. The molecular formula is C17H17N3O3S. The molecule has 4 rings (SSSR count). The summed E-state index contributed by atoms with van der Waals surface area (Å²) in [4.78, 5) is 14.1. The second-order valence-corrected chi connectivity index (χ2v) is 6.78. The number of carbonyl (C=O) groups is 1. The molecule has 0 fully saturated rings. The predicted molar refractivity (Wildman–Crippen MR) is 92.0 cm³/mol. The number of thiophene rings is 1. The van der Waals surface area contributed by atoms with Gasteiger partial charge >= 0.3 is 0 Å².